The van der Waals surface area contributed by atoms with Crippen LogP contribution < -0.4 is 0 Å². The lowest BCUT2D eigenvalue weighted by molar-refractivity contribution is 0.155. The van der Waals surface area contributed by atoms with E-state index in [4.69, 9.17) is 0 Å². The van der Waals surface area contributed by atoms with E-state index in [9.17, 15) is 0 Å². The fourth-order valence-electron chi connectivity index (χ4n) is 6.95. The van der Waals surface area contributed by atoms with Crippen molar-refractivity contribution in [3.05, 3.63) is 59.7 Å². The molecule has 186 valence electrons. The second kappa shape index (κ2) is 13.5. The summed E-state index contributed by atoms with van der Waals surface area (Å²) in [7, 11) is 0. The van der Waals surface area contributed by atoms with Crippen molar-refractivity contribution in [2.45, 2.75) is 122 Å². The van der Waals surface area contributed by atoms with Crippen molar-refractivity contribution in [2.75, 3.05) is 0 Å². The molecule has 0 spiro atoms. The van der Waals surface area contributed by atoms with Crippen LogP contribution in [-0.2, 0) is 6.42 Å². The van der Waals surface area contributed by atoms with Gasteiger partial charge in [-0.15, -0.1) is 0 Å². The van der Waals surface area contributed by atoms with Crippen molar-refractivity contribution in [2.24, 2.45) is 17.8 Å². The van der Waals surface area contributed by atoms with E-state index in [0.29, 0.717) is 0 Å². The number of unbranched alkanes of at least 4 members (excludes halogenated alkanes) is 4. The van der Waals surface area contributed by atoms with Gasteiger partial charge in [-0.1, -0.05) is 114 Å². The molecule has 0 atom stereocenters. The van der Waals surface area contributed by atoms with E-state index >= 15 is 0 Å². The summed E-state index contributed by atoms with van der Waals surface area (Å²) in [4.78, 5) is 0. The molecule has 0 aromatic heterocycles. The van der Waals surface area contributed by atoms with Crippen LogP contribution in [-0.4, -0.2) is 0 Å². The van der Waals surface area contributed by atoms with E-state index < -0.39 is 0 Å². The molecule has 2 fully saturated rings. The molecule has 2 aliphatic rings. The second-order valence-electron chi connectivity index (χ2n) is 11.7. The molecular formula is C34H50. The van der Waals surface area contributed by atoms with Crippen LogP contribution >= 0.6 is 0 Å². The Morgan fingerprint density at radius 3 is 1.68 bits per heavy atom. The Morgan fingerprint density at radius 1 is 0.559 bits per heavy atom. The van der Waals surface area contributed by atoms with Crippen LogP contribution in [0.15, 0.2) is 48.5 Å². The van der Waals surface area contributed by atoms with E-state index in [1.165, 1.54) is 119 Å². The smallest absolute Gasteiger partial charge is 0.0162 e. The van der Waals surface area contributed by atoms with Gasteiger partial charge >= 0.3 is 0 Å². The predicted molar refractivity (Wildman–Crippen MR) is 149 cm³/mol. The van der Waals surface area contributed by atoms with Crippen molar-refractivity contribution in [1.82, 2.24) is 0 Å². The topological polar surface area (TPSA) is 0 Å². The van der Waals surface area contributed by atoms with Gasteiger partial charge in [0.2, 0.25) is 0 Å². The maximum absolute atomic E-state index is 2.43. The summed E-state index contributed by atoms with van der Waals surface area (Å²) < 4.78 is 0. The predicted octanol–water partition coefficient (Wildman–Crippen LogP) is 10.7. The Kier molecular flexibility index (Phi) is 10.1. The number of rotatable bonds is 11. The molecule has 4 rings (SSSR count). The summed E-state index contributed by atoms with van der Waals surface area (Å²) in [5.41, 5.74) is 5.79. The molecule has 0 heteroatoms. The third-order valence-corrected chi connectivity index (χ3v) is 9.28. The molecule has 0 radical (unpaired) electrons. The summed E-state index contributed by atoms with van der Waals surface area (Å²) in [6.45, 7) is 4.61. The molecule has 0 saturated heterocycles. The van der Waals surface area contributed by atoms with Crippen molar-refractivity contribution in [3.8, 4) is 11.1 Å². The highest BCUT2D eigenvalue weighted by molar-refractivity contribution is 5.64. The van der Waals surface area contributed by atoms with Gasteiger partial charge in [0.05, 0.1) is 0 Å². The first-order valence-electron chi connectivity index (χ1n) is 15.0. The first kappa shape index (κ1) is 25.5. The van der Waals surface area contributed by atoms with Gasteiger partial charge in [0.1, 0.15) is 0 Å². The van der Waals surface area contributed by atoms with Gasteiger partial charge in [-0.05, 0) is 97.3 Å². The van der Waals surface area contributed by atoms with Crippen molar-refractivity contribution in [1.29, 1.82) is 0 Å². The van der Waals surface area contributed by atoms with E-state index in [-0.39, 0.29) is 0 Å². The Labute approximate surface area is 211 Å². The van der Waals surface area contributed by atoms with Crippen molar-refractivity contribution in [3.63, 3.8) is 0 Å². The molecule has 2 aliphatic carbocycles. The van der Waals surface area contributed by atoms with Gasteiger partial charge in [-0.2, -0.15) is 0 Å². The average Bonchev–Trinajstić information content (AvgIpc) is 2.90. The van der Waals surface area contributed by atoms with Crippen LogP contribution in [0.2, 0.25) is 0 Å². The van der Waals surface area contributed by atoms with Crippen LogP contribution in [0.25, 0.3) is 11.1 Å². The van der Waals surface area contributed by atoms with E-state index in [0.717, 1.165) is 23.7 Å². The maximum Gasteiger partial charge on any atom is -0.0162 e. The Balaban J connectivity index is 1.22. The lowest BCUT2D eigenvalue weighted by Crippen LogP contribution is -2.25. The zero-order chi connectivity index (χ0) is 23.6. The highest BCUT2D eigenvalue weighted by Crippen LogP contribution is 2.44. The number of hydrogen-bond acceptors (Lipinski definition) is 0. The lowest BCUT2D eigenvalue weighted by Gasteiger charge is -2.38. The van der Waals surface area contributed by atoms with E-state index in [2.05, 4.69) is 62.4 Å². The van der Waals surface area contributed by atoms with Gasteiger partial charge in [-0.25, -0.2) is 0 Å². The molecular weight excluding hydrogens is 408 g/mol. The van der Waals surface area contributed by atoms with Crippen LogP contribution in [0.5, 0.6) is 0 Å². The summed E-state index contributed by atoms with van der Waals surface area (Å²) in [6.07, 6.45) is 22.8. The highest BCUT2D eigenvalue weighted by atomic mass is 14.4. The van der Waals surface area contributed by atoms with Gasteiger partial charge in [0.25, 0.3) is 0 Å². The van der Waals surface area contributed by atoms with Crippen LogP contribution in [0.1, 0.15) is 127 Å². The summed E-state index contributed by atoms with van der Waals surface area (Å²) in [6, 6.07) is 18.9. The minimum atomic E-state index is 0.789. The Hall–Kier alpha value is -1.56. The number of aryl methyl sites for hydroxylation is 1. The van der Waals surface area contributed by atoms with Gasteiger partial charge in [0.15, 0.2) is 0 Å². The summed E-state index contributed by atoms with van der Waals surface area (Å²) in [5.74, 6) is 3.89. The minimum absolute atomic E-state index is 0.789. The molecule has 34 heavy (non-hydrogen) atoms. The van der Waals surface area contributed by atoms with Gasteiger partial charge in [-0.3, -0.25) is 0 Å². The highest BCUT2D eigenvalue weighted by Gasteiger charge is 2.31. The van der Waals surface area contributed by atoms with E-state index in [1.54, 1.807) is 5.56 Å². The Morgan fingerprint density at radius 2 is 1.09 bits per heavy atom. The molecule has 0 heterocycles. The van der Waals surface area contributed by atoms with Crippen molar-refractivity contribution < 1.29 is 0 Å². The Bertz CT molecular complexity index is 798. The molecule has 2 saturated carbocycles. The SMILES string of the molecule is CCCCCc1ccc(-c2ccc(C3CCC(C4CCC(CCCCC)CC4)CC3)cc2)cc1. The monoisotopic (exact) mass is 458 g/mol. The standard InChI is InChI=1S/C34H50/c1-3-5-7-9-27-11-15-29(16-12-27)31-19-23-33(24-20-31)34-25-21-32(22-26-34)30-17-13-28(14-18-30)10-8-6-4-2/h11-12,15-16,19-20,23-24,28,30,32,34H,3-10,13-14,17-18,21-22,25-26H2,1-2H3. The second-order valence-corrected chi connectivity index (χ2v) is 11.7. The molecule has 2 aromatic carbocycles. The average molecular weight is 459 g/mol. The molecule has 0 bridgehead atoms. The minimum Gasteiger partial charge on any atom is -0.0654 e. The molecule has 0 N–H and O–H groups in total. The van der Waals surface area contributed by atoms with Gasteiger partial charge < -0.3 is 0 Å². The van der Waals surface area contributed by atoms with Crippen LogP contribution in [0, 0.1) is 17.8 Å². The van der Waals surface area contributed by atoms with Crippen molar-refractivity contribution >= 4 is 0 Å². The first-order chi connectivity index (χ1) is 16.8. The maximum atomic E-state index is 2.43. The molecule has 0 unspecified atom stereocenters. The largest absolute Gasteiger partial charge is 0.0654 e. The molecule has 0 nitrogen and oxygen atoms in total. The molecule has 0 aliphatic heterocycles. The number of benzene rings is 2. The zero-order valence-corrected chi connectivity index (χ0v) is 22.2. The third kappa shape index (κ3) is 7.22. The summed E-state index contributed by atoms with van der Waals surface area (Å²) >= 11 is 0. The normalized spacial score (nSPS) is 25.4. The molecule has 0 amide bonds. The fourth-order valence-corrected chi connectivity index (χ4v) is 6.95. The number of hydrogen-bond donors (Lipinski definition) is 0. The lowest BCUT2D eigenvalue weighted by atomic mass is 9.68. The quantitative estimate of drug-likeness (QED) is 0.294. The fraction of sp³-hybridized carbons (Fsp3) is 0.647. The van der Waals surface area contributed by atoms with Crippen LogP contribution in [0.4, 0.5) is 0 Å². The third-order valence-electron chi connectivity index (χ3n) is 9.28. The van der Waals surface area contributed by atoms with E-state index in [1.807, 2.05) is 0 Å². The summed E-state index contributed by atoms with van der Waals surface area (Å²) in [5, 5.41) is 0. The van der Waals surface area contributed by atoms with Gasteiger partial charge in [0, 0.05) is 0 Å². The first-order valence-corrected chi connectivity index (χ1v) is 15.0. The zero-order valence-electron chi connectivity index (χ0n) is 22.2. The van der Waals surface area contributed by atoms with Crippen LogP contribution in [0.3, 0.4) is 0 Å². The molecule has 2 aromatic rings.